The standard InChI is InChI=1S/C13H21F2N5.ClH/c14-13(15)20-6-1-11(17-20)9-18-5-2-12(10-18)19-7-3-16-4-8-19;/h1,6,12-13,16H,2-5,7-10H2;1H. The van der Waals surface area contributed by atoms with E-state index in [1.807, 2.05) is 0 Å². The molecule has 0 spiro atoms. The SMILES string of the molecule is Cl.FC(F)n1ccc(CN2CCC(N3CCNCC3)C2)n1. The van der Waals surface area contributed by atoms with Gasteiger partial charge in [0.25, 0.3) is 0 Å². The molecule has 0 saturated carbocycles. The van der Waals surface area contributed by atoms with Crippen molar-refractivity contribution in [3.63, 3.8) is 0 Å². The summed E-state index contributed by atoms with van der Waals surface area (Å²) < 4.78 is 25.7. The largest absolute Gasteiger partial charge is 0.333 e. The van der Waals surface area contributed by atoms with Gasteiger partial charge >= 0.3 is 6.55 Å². The van der Waals surface area contributed by atoms with Gasteiger partial charge in [-0.3, -0.25) is 9.80 Å². The van der Waals surface area contributed by atoms with Crippen molar-refractivity contribution >= 4 is 12.4 Å². The molecule has 21 heavy (non-hydrogen) atoms. The van der Waals surface area contributed by atoms with Crippen LogP contribution in [0, 0.1) is 0 Å². The van der Waals surface area contributed by atoms with Crippen LogP contribution in [0.4, 0.5) is 8.78 Å². The maximum absolute atomic E-state index is 12.5. The average Bonchev–Trinajstić information content (AvgIpc) is 3.10. The molecule has 0 bridgehead atoms. The average molecular weight is 322 g/mol. The highest BCUT2D eigenvalue weighted by Gasteiger charge is 2.28. The first-order chi connectivity index (χ1) is 9.72. The normalized spacial score (nSPS) is 24.4. The second-order valence-corrected chi connectivity index (χ2v) is 5.53. The third-order valence-corrected chi connectivity index (χ3v) is 4.16. The molecule has 1 N–H and O–H groups in total. The van der Waals surface area contributed by atoms with Crippen LogP contribution in [0.15, 0.2) is 12.3 Å². The number of aromatic nitrogens is 2. The highest BCUT2D eigenvalue weighted by molar-refractivity contribution is 5.85. The number of hydrogen-bond donors (Lipinski definition) is 1. The Morgan fingerprint density at radius 2 is 2.05 bits per heavy atom. The second kappa shape index (κ2) is 7.49. The van der Waals surface area contributed by atoms with E-state index < -0.39 is 6.55 Å². The van der Waals surface area contributed by atoms with Crippen molar-refractivity contribution in [3.05, 3.63) is 18.0 Å². The fourth-order valence-electron chi connectivity index (χ4n) is 3.10. The molecule has 1 aromatic heterocycles. The zero-order valence-corrected chi connectivity index (χ0v) is 12.7. The van der Waals surface area contributed by atoms with E-state index >= 15 is 0 Å². The Kier molecular flexibility index (Phi) is 5.92. The highest BCUT2D eigenvalue weighted by atomic mass is 35.5. The molecule has 2 aliphatic heterocycles. The zero-order valence-electron chi connectivity index (χ0n) is 11.9. The van der Waals surface area contributed by atoms with E-state index in [1.165, 1.54) is 6.20 Å². The molecule has 3 heterocycles. The lowest BCUT2D eigenvalue weighted by molar-refractivity contribution is 0.0558. The first-order valence-corrected chi connectivity index (χ1v) is 7.21. The van der Waals surface area contributed by atoms with Crippen LogP contribution < -0.4 is 5.32 Å². The lowest BCUT2D eigenvalue weighted by Crippen LogP contribution is -2.49. The molecule has 2 saturated heterocycles. The molecule has 2 aliphatic rings. The molecule has 1 aromatic rings. The number of rotatable bonds is 4. The van der Waals surface area contributed by atoms with Gasteiger partial charge in [0.05, 0.1) is 5.69 Å². The maximum Gasteiger partial charge on any atom is 0.333 e. The molecule has 0 amide bonds. The molecule has 5 nitrogen and oxygen atoms in total. The summed E-state index contributed by atoms with van der Waals surface area (Å²) in [6, 6.07) is 2.29. The minimum atomic E-state index is -2.55. The quantitative estimate of drug-likeness (QED) is 0.903. The summed E-state index contributed by atoms with van der Waals surface area (Å²) in [7, 11) is 0. The summed E-state index contributed by atoms with van der Waals surface area (Å²) in [6.45, 7) is 4.51. The van der Waals surface area contributed by atoms with Crippen molar-refractivity contribution in [2.24, 2.45) is 0 Å². The molecule has 2 fully saturated rings. The maximum atomic E-state index is 12.5. The van der Waals surface area contributed by atoms with Gasteiger partial charge in [-0.05, 0) is 12.5 Å². The third-order valence-electron chi connectivity index (χ3n) is 4.16. The smallest absolute Gasteiger partial charge is 0.314 e. The third kappa shape index (κ3) is 4.12. The molecule has 120 valence electrons. The minimum Gasteiger partial charge on any atom is -0.314 e. The molecule has 0 aliphatic carbocycles. The van der Waals surface area contributed by atoms with E-state index in [-0.39, 0.29) is 12.4 Å². The highest BCUT2D eigenvalue weighted by Crippen LogP contribution is 2.18. The van der Waals surface area contributed by atoms with Gasteiger partial charge in [-0.1, -0.05) is 0 Å². The molecule has 1 atom stereocenters. The Labute approximate surface area is 129 Å². The molecule has 0 radical (unpaired) electrons. The van der Waals surface area contributed by atoms with Gasteiger partial charge in [0, 0.05) is 58.1 Å². The fourth-order valence-corrected chi connectivity index (χ4v) is 3.10. The predicted molar refractivity (Wildman–Crippen MR) is 78.9 cm³/mol. The first kappa shape index (κ1) is 16.6. The van der Waals surface area contributed by atoms with Crippen LogP contribution in [-0.4, -0.2) is 64.9 Å². The van der Waals surface area contributed by atoms with E-state index in [0.29, 0.717) is 12.6 Å². The predicted octanol–water partition coefficient (Wildman–Crippen LogP) is 1.18. The van der Waals surface area contributed by atoms with Crippen LogP contribution in [0.2, 0.25) is 0 Å². The van der Waals surface area contributed by atoms with Crippen molar-refractivity contribution in [2.45, 2.75) is 25.6 Å². The van der Waals surface area contributed by atoms with Crippen molar-refractivity contribution in [2.75, 3.05) is 39.3 Å². The number of halogens is 3. The number of piperazine rings is 1. The van der Waals surface area contributed by atoms with Gasteiger partial charge in [0.2, 0.25) is 0 Å². The van der Waals surface area contributed by atoms with E-state index in [9.17, 15) is 8.78 Å². The summed E-state index contributed by atoms with van der Waals surface area (Å²) >= 11 is 0. The van der Waals surface area contributed by atoms with Crippen LogP contribution in [0.25, 0.3) is 0 Å². The monoisotopic (exact) mass is 321 g/mol. The lowest BCUT2D eigenvalue weighted by atomic mass is 10.2. The molecular weight excluding hydrogens is 300 g/mol. The summed E-state index contributed by atoms with van der Waals surface area (Å²) in [5.74, 6) is 0. The van der Waals surface area contributed by atoms with Crippen LogP contribution in [-0.2, 0) is 6.54 Å². The van der Waals surface area contributed by atoms with Crippen molar-refractivity contribution in [1.82, 2.24) is 24.9 Å². The van der Waals surface area contributed by atoms with Crippen LogP contribution in [0.5, 0.6) is 0 Å². The Bertz CT molecular complexity index is 436. The van der Waals surface area contributed by atoms with E-state index in [2.05, 4.69) is 20.2 Å². The van der Waals surface area contributed by atoms with Gasteiger partial charge in [0.1, 0.15) is 0 Å². The summed E-state index contributed by atoms with van der Waals surface area (Å²) in [4.78, 5) is 4.85. The van der Waals surface area contributed by atoms with Gasteiger partial charge in [-0.25, -0.2) is 4.68 Å². The fraction of sp³-hybridized carbons (Fsp3) is 0.769. The Balaban J connectivity index is 0.00000161. The molecule has 0 aromatic carbocycles. The van der Waals surface area contributed by atoms with Crippen LogP contribution in [0.1, 0.15) is 18.7 Å². The summed E-state index contributed by atoms with van der Waals surface area (Å²) in [5.41, 5.74) is 0.728. The van der Waals surface area contributed by atoms with Gasteiger partial charge in [-0.2, -0.15) is 13.9 Å². The summed E-state index contributed by atoms with van der Waals surface area (Å²) in [5, 5.41) is 7.28. The van der Waals surface area contributed by atoms with Crippen molar-refractivity contribution in [1.29, 1.82) is 0 Å². The molecule has 1 unspecified atom stereocenters. The molecular formula is C13H22ClF2N5. The molecule has 8 heteroatoms. The number of alkyl halides is 2. The van der Waals surface area contributed by atoms with Crippen molar-refractivity contribution in [3.8, 4) is 0 Å². The lowest BCUT2D eigenvalue weighted by Gasteiger charge is -2.32. The Morgan fingerprint density at radius 3 is 2.71 bits per heavy atom. The van der Waals surface area contributed by atoms with Crippen molar-refractivity contribution < 1.29 is 8.78 Å². The zero-order chi connectivity index (χ0) is 13.9. The number of nitrogens with one attached hydrogen (secondary N) is 1. The van der Waals surface area contributed by atoms with Gasteiger partial charge < -0.3 is 5.32 Å². The van der Waals surface area contributed by atoms with Gasteiger partial charge in [-0.15, -0.1) is 12.4 Å². The van der Waals surface area contributed by atoms with Crippen LogP contribution in [0.3, 0.4) is 0 Å². The van der Waals surface area contributed by atoms with Gasteiger partial charge in [0.15, 0.2) is 0 Å². The number of nitrogens with zero attached hydrogens (tertiary/aromatic N) is 4. The Morgan fingerprint density at radius 1 is 1.29 bits per heavy atom. The van der Waals surface area contributed by atoms with E-state index in [4.69, 9.17) is 0 Å². The first-order valence-electron chi connectivity index (χ1n) is 7.21. The topological polar surface area (TPSA) is 36.3 Å². The Hall–Kier alpha value is -0.760. The number of hydrogen-bond acceptors (Lipinski definition) is 4. The summed E-state index contributed by atoms with van der Waals surface area (Å²) in [6.07, 6.45) is 2.51. The second-order valence-electron chi connectivity index (χ2n) is 5.53. The van der Waals surface area contributed by atoms with E-state index in [0.717, 1.165) is 56.1 Å². The number of likely N-dealkylation sites (tertiary alicyclic amines) is 1. The van der Waals surface area contributed by atoms with Crippen LogP contribution >= 0.6 is 12.4 Å². The van der Waals surface area contributed by atoms with E-state index in [1.54, 1.807) is 6.07 Å². The molecule has 3 rings (SSSR count). The minimum absolute atomic E-state index is 0.